The zero-order chi connectivity index (χ0) is 17.0. The van der Waals surface area contributed by atoms with Crippen LogP contribution in [0.2, 0.25) is 0 Å². The molecule has 140 valence electrons. The van der Waals surface area contributed by atoms with Crippen molar-refractivity contribution in [1.82, 2.24) is 5.32 Å². The van der Waals surface area contributed by atoms with Gasteiger partial charge in [-0.05, 0) is 31.8 Å². The molecule has 0 unspecified atom stereocenters. The Morgan fingerprint density at radius 3 is 1.39 bits per heavy atom. The number of nitrogens with one attached hydrogen (secondary N) is 1. The molecular weight excluding hydrogens is 282 g/mol. The maximum atomic E-state index is 8.67. The molecule has 0 spiro atoms. The Kier molecular flexibility index (Phi) is 19.9. The first-order valence-electron chi connectivity index (χ1n) is 10.6. The monoisotopic (exact) mass is 327 g/mol. The number of aliphatic hydroxyl groups excluding tert-OH is 1. The fourth-order valence-corrected chi connectivity index (χ4v) is 3.08. The molecule has 0 fully saturated rings. The van der Waals surface area contributed by atoms with Gasteiger partial charge in [-0.1, -0.05) is 97.3 Å². The number of hydrogen-bond donors (Lipinski definition) is 2. The second-order valence-corrected chi connectivity index (χ2v) is 7.61. The lowest BCUT2D eigenvalue weighted by molar-refractivity contribution is 0.286. The summed E-state index contributed by atoms with van der Waals surface area (Å²) in [5, 5.41) is 12.0. The molecule has 0 aromatic rings. The van der Waals surface area contributed by atoms with Crippen LogP contribution in [0, 0.1) is 5.92 Å². The molecule has 0 heterocycles. The minimum atomic E-state index is 0.311. The third-order valence-electron chi connectivity index (χ3n) is 4.65. The molecule has 0 aromatic carbocycles. The van der Waals surface area contributed by atoms with Crippen molar-refractivity contribution in [3.8, 4) is 0 Å². The van der Waals surface area contributed by atoms with Gasteiger partial charge < -0.3 is 10.4 Å². The number of hydrogen-bond acceptors (Lipinski definition) is 2. The van der Waals surface area contributed by atoms with Crippen LogP contribution in [0.5, 0.6) is 0 Å². The Morgan fingerprint density at radius 1 is 0.565 bits per heavy atom. The van der Waals surface area contributed by atoms with E-state index in [0.717, 1.165) is 25.4 Å². The first-order chi connectivity index (χ1) is 11.3. The maximum absolute atomic E-state index is 8.67. The van der Waals surface area contributed by atoms with Crippen LogP contribution in [-0.4, -0.2) is 24.8 Å². The van der Waals surface area contributed by atoms with Crippen LogP contribution < -0.4 is 5.32 Å². The van der Waals surface area contributed by atoms with Crippen molar-refractivity contribution in [3.63, 3.8) is 0 Å². The van der Waals surface area contributed by atoms with E-state index in [0.29, 0.717) is 6.61 Å². The molecule has 23 heavy (non-hydrogen) atoms. The van der Waals surface area contributed by atoms with Crippen molar-refractivity contribution in [2.24, 2.45) is 5.92 Å². The molecule has 0 rings (SSSR count). The van der Waals surface area contributed by atoms with Gasteiger partial charge in [0.2, 0.25) is 0 Å². The van der Waals surface area contributed by atoms with Gasteiger partial charge in [0.05, 0.1) is 0 Å². The molecule has 0 saturated carbocycles. The summed E-state index contributed by atoms with van der Waals surface area (Å²) in [5.74, 6) is 0.887. The first-order valence-corrected chi connectivity index (χ1v) is 10.6. The fraction of sp³-hybridized carbons (Fsp3) is 1.00. The third kappa shape index (κ3) is 21.9. The van der Waals surface area contributed by atoms with E-state index < -0.39 is 0 Å². The van der Waals surface area contributed by atoms with E-state index in [1.807, 2.05) is 0 Å². The predicted molar refractivity (Wildman–Crippen MR) is 104 cm³/mol. The maximum Gasteiger partial charge on any atom is 0.0443 e. The normalized spacial score (nSPS) is 11.5. The lowest BCUT2D eigenvalue weighted by Gasteiger charge is -2.05. The van der Waals surface area contributed by atoms with Gasteiger partial charge in [0.15, 0.2) is 0 Å². The zero-order valence-electron chi connectivity index (χ0n) is 16.3. The van der Waals surface area contributed by atoms with Crippen molar-refractivity contribution in [3.05, 3.63) is 0 Å². The minimum absolute atomic E-state index is 0.311. The van der Waals surface area contributed by atoms with Gasteiger partial charge in [0.1, 0.15) is 0 Å². The van der Waals surface area contributed by atoms with Gasteiger partial charge >= 0.3 is 0 Å². The molecular formula is C21H45NO. The summed E-state index contributed by atoms with van der Waals surface area (Å²) in [5.41, 5.74) is 0. The van der Waals surface area contributed by atoms with Gasteiger partial charge in [-0.2, -0.15) is 0 Å². The molecule has 0 amide bonds. The summed E-state index contributed by atoms with van der Waals surface area (Å²) >= 11 is 0. The number of unbranched alkanes of at least 4 members (excludes halogenated alkanes) is 12. The molecule has 2 N–H and O–H groups in total. The average Bonchev–Trinajstić information content (AvgIpc) is 2.53. The Labute approximate surface area is 146 Å². The highest BCUT2D eigenvalue weighted by Crippen LogP contribution is 2.14. The highest BCUT2D eigenvalue weighted by Gasteiger charge is 1.96. The van der Waals surface area contributed by atoms with Crippen molar-refractivity contribution in [2.75, 3.05) is 19.7 Å². The Morgan fingerprint density at radius 2 is 0.957 bits per heavy atom. The summed E-state index contributed by atoms with van der Waals surface area (Å²) in [4.78, 5) is 0. The summed E-state index contributed by atoms with van der Waals surface area (Å²) < 4.78 is 0. The standard InChI is InChI=1S/C21H45NO/c1-21(2)17-14-12-10-8-6-4-3-5-7-9-11-13-15-18-22-19-16-20-23/h21-23H,3-20H2,1-2H3. The van der Waals surface area contributed by atoms with Crippen LogP contribution in [0.3, 0.4) is 0 Å². The largest absolute Gasteiger partial charge is 0.396 e. The summed E-state index contributed by atoms with van der Waals surface area (Å²) in [6.45, 7) is 7.06. The first kappa shape index (κ1) is 22.9. The lowest BCUT2D eigenvalue weighted by Crippen LogP contribution is -2.17. The quantitative estimate of drug-likeness (QED) is 0.282. The fourth-order valence-electron chi connectivity index (χ4n) is 3.08. The van der Waals surface area contributed by atoms with Gasteiger partial charge in [0.25, 0.3) is 0 Å². The van der Waals surface area contributed by atoms with Crippen LogP contribution in [0.15, 0.2) is 0 Å². The summed E-state index contributed by atoms with van der Waals surface area (Å²) in [7, 11) is 0. The van der Waals surface area contributed by atoms with E-state index in [1.54, 1.807) is 0 Å². The zero-order valence-corrected chi connectivity index (χ0v) is 16.3. The molecule has 0 atom stereocenters. The van der Waals surface area contributed by atoms with Gasteiger partial charge in [0, 0.05) is 6.61 Å². The average molecular weight is 328 g/mol. The van der Waals surface area contributed by atoms with Crippen LogP contribution in [-0.2, 0) is 0 Å². The molecule has 0 aliphatic carbocycles. The Hall–Kier alpha value is -0.0800. The minimum Gasteiger partial charge on any atom is -0.396 e. The molecule has 0 aliphatic rings. The number of rotatable bonds is 19. The highest BCUT2D eigenvalue weighted by molar-refractivity contribution is 4.52. The molecule has 0 aromatic heterocycles. The molecule has 0 aliphatic heterocycles. The van der Waals surface area contributed by atoms with E-state index in [-0.39, 0.29) is 0 Å². The highest BCUT2D eigenvalue weighted by atomic mass is 16.3. The van der Waals surface area contributed by atoms with Crippen LogP contribution in [0.1, 0.15) is 110 Å². The second-order valence-electron chi connectivity index (χ2n) is 7.61. The molecule has 0 radical (unpaired) electrons. The number of aliphatic hydroxyl groups is 1. The van der Waals surface area contributed by atoms with E-state index in [9.17, 15) is 0 Å². The van der Waals surface area contributed by atoms with Crippen LogP contribution >= 0.6 is 0 Å². The van der Waals surface area contributed by atoms with Crippen molar-refractivity contribution in [1.29, 1.82) is 0 Å². The smallest absolute Gasteiger partial charge is 0.0443 e. The van der Waals surface area contributed by atoms with E-state index >= 15 is 0 Å². The van der Waals surface area contributed by atoms with E-state index in [1.165, 1.54) is 89.9 Å². The molecule has 0 bridgehead atoms. The van der Waals surface area contributed by atoms with Gasteiger partial charge in [-0.3, -0.25) is 0 Å². The van der Waals surface area contributed by atoms with Crippen molar-refractivity contribution in [2.45, 2.75) is 110 Å². The van der Waals surface area contributed by atoms with E-state index in [2.05, 4.69) is 19.2 Å². The summed E-state index contributed by atoms with van der Waals surface area (Å²) in [6.07, 6.45) is 20.8. The predicted octanol–water partition coefficient (Wildman–Crippen LogP) is 6.08. The second kappa shape index (κ2) is 20.0. The van der Waals surface area contributed by atoms with Crippen LogP contribution in [0.25, 0.3) is 0 Å². The molecule has 2 nitrogen and oxygen atoms in total. The Bertz CT molecular complexity index is 206. The van der Waals surface area contributed by atoms with Crippen molar-refractivity contribution < 1.29 is 5.11 Å². The van der Waals surface area contributed by atoms with Crippen LogP contribution in [0.4, 0.5) is 0 Å². The third-order valence-corrected chi connectivity index (χ3v) is 4.65. The lowest BCUT2D eigenvalue weighted by atomic mass is 10.0. The topological polar surface area (TPSA) is 32.3 Å². The van der Waals surface area contributed by atoms with E-state index in [4.69, 9.17) is 5.11 Å². The molecule has 2 heteroatoms. The van der Waals surface area contributed by atoms with Gasteiger partial charge in [-0.15, -0.1) is 0 Å². The molecule has 0 saturated heterocycles. The summed E-state index contributed by atoms with van der Waals surface area (Å²) in [6, 6.07) is 0. The van der Waals surface area contributed by atoms with Crippen molar-refractivity contribution >= 4 is 0 Å². The Balaban J connectivity index is 2.95. The van der Waals surface area contributed by atoms with Gasteiger partial charge in [-0.25, -0.2) is 0 Å². The SMILES string of the molecule is CC(C)CCCCCCCCCCCCCCCNCCCO.